The fourth-order valence-electron chi connectivity index (χ4n) is 3.10. The van der Waals surface area contributed by atoms with Gasteiger partial charge in [-0.05, 0) is 36.6 Å². The summed E-state index contributed by atoms with van der Waals surface area (Å²) in [6.45, 7) is 4.49. The van der Waals surface area contributed by atoms with Crippen LogP contribution in [0.3, 0.4) is 0 Å². The summed E-state index contributed by atoms with van der Waals surface area (Å²) in [4.78, 5) is 26.5. The number of hydrogen-bond donors (Lipinski definition) is 1. The monoisotopic (exact) mass is 398 g/mol. The summed E-state index contributed by atoms with van der Waals surface area (Å²) in [6, 6.07) is 17.6. The Labute approximate surface area is 170 Å². The second-order valence-electron chi connectivity index (χ2n) is 6.60. The number of benzene rings is 2. The molecule has 2 aromatic rings. The van der Waals surface area contributed by atoms with E-state index in [0.717, 1.165) is 17.5 Å². The van der Waals surface area contributed by atoms with Gasteiger partial charge in [-0.1, -0.05) is 42.5 Å². The zero-order valence-corrected chi connectivity index (χ0v) is 16.9. The van der Waals surface area contributed by atoms with Crippen molar-refractivity contribution in [3.63, 3.8) is 0 Å². The highest BCUT2D eigenvalue weighted by Crippen LogP contribution is 2.39. The molecule has 28 heavy (non-hydrogen) atoms. The van der Waals surface area contributed by atoms with Crippen LogP contribution < -0.4 is 5.32 Å². The topological polar surface area (TPSA) is 58.6 Å². The van der Waals surface area contributed by atoms with Crippen LogP contribution in [-0.2, 0) is 16.1 Å². The second kappa shape index (κ2) is 10.3. The highest BCUT2D eigenvalue weighted by atomic mass is 32.2. The molecule has 3 rings (SSSR count). The molecule has 0 bridgehead atoms. The molecule has 2 amide bonds. The fraction of sp³-hybridized carbons (Fsp3) is 0.364. The normalized spacial score (nSPS) is 16.4. The first kappa shape index (κ1) is 20.4. The number of nitrogens with zero attached hydrogens (tertiary/aromatic N) is 1. The van der Waals surface area contributed by atoms with E-state index in [-0.39, 0.29) is 17.2 Å². The van der Waals surface area contributed by atoms with Crippen LogP contribution in [-0.4, -0.2) is 42.2 Å². The van der Waals surface area contributed by atoms with Gasteiger partial charge in [-0.15, -0.1) is 11.8 Å². The second-order valence-corrected chi connectivity index (χ2v) is 7.67. The molecule has 0 unspecified atom stereocenters. The van der Waals surface area contributed by atoms with Crippen molar-refractivity contribution in [1.29, 1.82) is 0 Å². The number of ether oxygens (including phenoxy) is 1. The number of carbonyl (C=O) groups is 2. The first-order valence-corrected chi connectivity index (χ1v) is 10.6. The van der Waals surface area contributed by atoms with Crippen LogP contribution in [0.15, 0.2) is 54.6 Å². The zero-order chi connectivity index (χ0) is 19.8. The SMILES string of the molecule is CCOCCCNC(=O)c1ccc([C@@H]2SCC(=O)N2Cc2ccccc2)cc1. The van der Waals surface area contributed by atoms with Crippen molar-refractivity contribution in [3.05, 3.63) is 71.3 Å². The number of rotatable bonds is 9. The molecule has 6 heteroatoms. The Morgan fingerprint density at radius 2 is 1.93 bits per heavy atom. The summed E-state index contributed by atoms with van der Waals surface area (Å²) in [5.41, 5.74) is 2.79. The minimum absolute atomic E-state index is 0.0176. The van der Waals surface area contributed by atoms with Crippen LogP contribution in [0.5, 0.6) is 0 Å². The summed E-state index contributed by atoms with van der Waals surface area (Å²) >= 11 is 1.63. The van der Waals surface area contributed by atoms with E-state index in [1.54, 1.807) is 11.8 Å². The quantitative estimate of drug-likeness (QED) is 0.656. The molecule has 0 saturated carbocycles. The van der Waals surface area contributed by atoms with Crippen molar-refractivity contribution in [3.8, 4) is 0 Å². The van der Waals surface area contributed by atoms with Crippen molar-refractivity contribution < 1.29 is 14.3 Å². The van der Waals surface area contributed by atoms with Gasteiger partial charge in [-0.3, -0.25) is 9.59 Å². The Kier molecular flexibility index (Phi) is 7.51. The van der Waals surface area contributed by atoms with Gasteiger partial charge in [0.2, 0.25) is 5.91 Å². The van der Waals surface area contributed by atoms with Gasteiger partial charge in [0.25, 0.3) is 5.91 Å². The van der Waals surface area contributed by atoms with E-state index in [2.05, 4.69) is 5.32 Å². The summed E-state index contributed by atoms with van der Waals surface area (Å²) in [5.74, 6) is 0.550. The van der Waals surface area contributed by atoms with E-state index in [4.69, 9.17) is 4.74 Å². The van der Waals surface area contributed by atoms with Gasteiger partial charge in [0.15, 0.2) is 0 Å². The Morgan fingerprint density at radius 1 is 1.18 bits per heavy atom. The van der Waals surface area contributed by atoms with Crippen LogP contribution in [0.25, 0.3) is 0 Å². The standard InChI is InChI=1S/C22H26N2O3S/c1-2-27-14-6-13-23-21(26)18-9-11-19(12-10-18)22-24(20(25)16-28-22)15-17-7-4-3-5-8-17/h3-5,7-12,22H,2,6,13-16H2,1H3,(H,23,26)/t22-/m0/s1. The zero-order valence-electron chi connectivity index (χ0n) is 16.1. The summed E-state index contributed by atoms with van der Waals surface area (Å²) < 4.78 is 5.27. The Morgan fingerprint density at radius 3 is 2.64 bits per heavy atom. The lowest BCUT2D eigenvalue weighted by molar-refractivity contribution is -0.128. The van der Waals surface area contributed by atoms with E-state index in [0.29, 0.717) is 37.6 Å². The van der Waals surface area contributed by atoms with Crippen molar-refractivity contribution in [2.24, 2.45) is 0 Å². The Hall–Kier alpha value is -2.31. The predicted molar refractivity (Wildman–Crippen MR) is 112 cm³/mol. The molecule has 0 aromatic heterocycles. The lowest BCUT2D eigenvalue weighted by Gasteiger charge is -2.24. The van der Waals surface area contributed by atoms with Gasteiger partial charge in [0.05, 0.1) is 5.75 Å². The number of amides is 2. The molecule has 0 radical (unpaired) electrons. The summed E-state index contributed by atoms with van der Waals surface area (Å²) in [6.07, 6.45) is 0.799. The molecule has 148 valence electrons. The molecule has 1 atom stereocenters. The minimum Gasteiger partial charge on any atom is -0.382 e. The maximum absolute atomic E-state index is 12.4. The van der Waals surface area contributed by atoms with Crippen molar-refractivity contribution in [1.82, 2.24) is 10.2 Å². The van der Waals surface area contributed by atoms with E-state index >= 15 is 0 Å². The predicted octanol–water partition coefficient (Wildman–Crippen LogP) is 3.62. The van der Waals surface area contributed by atoms with Crippen LogP contribution >= 0.6 is 11.8 Å². The lowest BCUT2D eigenvalue weighted by Crippen LogP contribution is -2.28. The van der Waals surface area contributed by atoms with Gasteiger partial charge < -0.3 is 15.0 Å². The van der Waals surface area contributed by atoms with Crippen LogP contribution in [0, 0.1) is 0 Å². The molecule has 0 spiro atoms. The Balaban J connectivity index is 1.60. The third-order valence-electron chi connectivity index (χ3n) is 4.58. The first-order valence-electron chi connectivity index (χ1n) is 9.60. The third-order valence-corrected chi connectivity index (χ3v) is 5.83. The highest BCUT2D eigenvalue weighted by molar-refractivity contribution is 8.00. The average Bonchev–Trinajstić information content (AvgIpc) is 3.09. The van der Waals surface area contributed by atoms with E-state index in [1.807, 2.05) is 66.4 Å². The average molecular weight is 399 g/mol. The van der Waals surface area contributed by atoms with Gasteiger partial charge in [-0.2, -0.15) is 0 Å². The van der Waals surface area contributed by atoms with Gasteiger partial charge >= 0.3 is 0 Å². The third kappa shape index (κ3) is 5.36. The molecule has 5 nitrogen and oxygen atoms in total. The molecule has 1 aliphatic heterocycles. The molecule has 1 aliphatic rings. The van der Waals surface area contributed by atoms with Gasteiger partial charge in [-0.25, -0.2) is 0 Å². The van der Waals surface area contributed by atoms with E-state index in [9.17, 15) is 9.59 Å². The molecule has 1 N–H and O–H groups in total. The molecule has 1 fully saturated rings. The van der Waals surface area contributed by atoms with E-state index < -0.39 is 0 Å². The molecule has 1 saturated heterocycles. The Bertz CT molecular complexity index is 780. The number of thioether (sulfide) groups is 1. The van der Waals surface area contributed by atoms with Crippen LogP contribution in [0.1, 0.15) is 40.2 Å². The summed E-state index contributed by atoms with van der Waals surface area (Å²) in [5, 5.41) is 2.89. The largest absolute Gasteiger partial charge is 0.382 e. The highest BCUT2D eigenvalue weighted by Gasteiger charge is 2.32. The lowest BCUT2D eigenvalue weighted by atomic mass is 10.1. The maximum Gasteiger partial charge on any atom is 0.251 e. The first-order chi connectivity index (χ1) is 13.7. The van der Waals surface area contributed by atoms with Crippen LogP contribution in [0.4, 0.5) is 0 Å². The molecule has 1 heterocycles. The molecular formula is C22H26N2O3S. The number of nitrogens with one attached hydrogen (secondary N) is 1. The molecular weight excluding hydrogens is 372 g/mol. The minimum atomic E-state index is -0.0839. The number of hydrogen-bond acceptors (Lipinski definition) is 4. The van der Waals surface area contributed by atoms with Crippen LogP contribution in [0.2, 0.25) is 0 Å². The van der Waals surface area contributed by atoms with Gasteiger partial charge in [0.1, 0.15) is 5.37 Å². The molecule has 0 aliphatic carbocycles. The van der Waals surface area contributed by atoms with Crippen molar-refractivity contribution >= 4 is 23.6 Å². The smallest absolute Gasteiger partial charge is 0.251 e. The summed E-state index contributed by atoms with van der Waals surface area (Å²) in [7, 11) is 0. The fourth-order valence-corrected chi connectivity index (χ4v) is 4.29. The molecule has 2 aromatic carbocycles. The van der Waals surface area contributed by atoms with Crippen molar-refractivity contribution in [2.45, 2.75) is 25.3 Å². The van der Waals surface area contributed by atoms with Gasteiger partial charge in [0, 0.05) is 31.9 Å². The van der Waals surface area contributed by atoms with Crippen molar-refractivity contribution in [2.75, 3.05) is 25.5 Å². The van der Waals surface area contributed by atoms with E-state index in [1.165, 1.54) is 0 Å². The number of carbonyl (C=O) groups excluding carboxylic acids is 2. The maximum atomic E-state index is 12.4.